The van der Waals surface area contributed by atoms with Crippen LogP contribution >= 0.6 is 0 Å². The third kappa shape index (κ3) is 5.75. The van der Waals surface area contributed by atoms with E-state index in [0.29, 0.717) is 6.61 Å². The molecule has 0 heterocycles. The smallest absolute Gasteiger partial charge is 0.330 e. The number of allylic oxidation sites excluding steroid dienone is 2. The summed E-state index contributed by atoms with van der Waals surface area (Å²) < 4.78 is 5.01. The number of carbonyl (C=O) groups is 1. The lowest BCUT2D eigenvalue weighted by Gasteiger charge is -2.11. The van der Waals surface area contributed by atoms with Gasteiger partial charge in [0.05, 0.1) is 6.61 Å². The van der Waals surface area contributed by atoms with Crippen molar-refractivity contribution in [2.45, 2.75) is 6.92 Å². The van der Waals surface area contributed by atoms with Gasteiger partial charge < -0.3 is 4.74 Å². The molecular formula is C31H26O2. The first-order valence-electron chi connectivity index (χ1n) is 11.1. The van der Waals surface area contributed by atoms with E-state index in [1.54, 1.807) is 13.0 Å². The highest BCUT2D eigenvalue weighted by Crippen LogP contribution is 2.29. The van der Waals surface area contributed by atoms with Gasteiger partial charge in [-0.25, -0.2) is 4.79 Å². The van der Waals surface area contributed by atoms with E-state index in [1.165, 1.54) is 28.3 Å². The molecule has 0 N–H and O–H groups in total. The molecule has 0 aliphatic rings. The van der Waals surface area contributed by atoms with E-state index in [0.717, 1.165) is 16.7 Å². The van der Waals surface area contributed by atoms with Gasteiger partial charge in [-0.2, -0.15) is 0 Å². The minimum absolute atomic E-state index is 0.341. The van der Waals surface area contributed by atoms with Crippen LogP contribution in [0.5, 0.6) is 0 Å². The highest BCUT2D eigenvalue weighted by molar-refractivity contribution is 5.86. The van der Waals surface area contributed by atoms with Crippen LogP contribution in [0.4, 0.5) is 0 Å². The second-order valence-electron chi connectivity index (χ2n) is 7.58. The lowest BCUT2D eigenvalue weighted by Crippen LogP contribution is -1.98. The molecule has 2 heteroatoms. The fourth-order valence-electron chi connectivity index (χ4n) is 3.72. The molecule has 0 radical (unpaired) electrons. The molecule has 4 rings (SSSR count). The molecule has 4 aromatic carbocycles. The van der Waals surface area contributed by atoms with Gasteiger partial charge in [-0.1, -0.05) is 121 Å². The molecule has 0 aliphatic carbocycles. The zero-order chi connectivity index (χ0) is 22.9. The zero-order valence-corrected chi connectivity index (χ0v) is 18.6. The van der Waals surface area contributed by atoms with Crippen molar-refractivity contribution in [3.8, 4) is 22.3 Å². The van der Waals surface area contributed by atoms with E-state index in [9.17, 15) is 4.79 Å². The minimum atomic E-state index is -0.341. The molecule has 0 saturated carbocycles. The predicted octanol–water partition coefficient (Wildman–Crippen LogP) is 7.57. The summed E-state index contributed by atoms with van der Waals surface area (Å²) >= 11 is 0. The molecule has 162 valence electrons. The van der Waals surface area contributed by atoms with Crippen LogP contribution in [-0.2, 0) is 9.53 Å². The van der Waals surface area contributed by atoms with Crippen LogP contribution in [0.3, 0.4) is 0 Å². The second-order valence-corrected chi connectivity index (χ2v) is 7.58. The highest BCUT2D eigenvalue weighted by Gasteiger charge is 2.07. The number of ether oxygens (including phenoxy) is 1. The van der Waals surface area contributed by atoms with Crippen molar-refractivity contribution in [3.05, 3.63) is 139 Å². The van der Waals surface area contributed by atoms with Crippen molar-refractivity contribution in [1.82, 2.24) is 0 Å². The fraction of sp³-hybridized carbons (Fsp3) is 0.0645. The monoisotopic (exact) mass is 430 g/mol. The highest BCUT2D eigenvalue weighted by atomic mass is 16.5. The third-order valence-electron chi connectivity index (χ3n) is 5.39. The molecule has 33 heavy (non-hydrogen) atoms. The quantitative estimate of drug-likeness (QED) is 0.172. The first-order valence-corrected chi connectivity index (χ1v) is 11.1. The largest absolute Gasteiger partial charge is 0.463 e. The summed E-state index contributed by atoms with van der Waals surface area (Å²) in [6.07, 6.45) is 5.18. The lowest BCUT2D eigenvalue weighted by atomic mass is 9.94. The Morgan fingerprint density at radius 1 is 0.636 bits per heavy atom. The SMILES string of the molecule is CCOC(=O)/C=C/C=C(c1ccc(-c2ccccc2)cc1)c1ccc(-c2ccccc2)cc1. The Bertz CT molecular complexity index is 1150. The normalized spacial score (nSPS) is 10.7. The number of carbonyl (C=O) groups excluding carboxylic acids is 1. The van der Waals surface area contributed by atoms with E-state index in [1.807, 2.05) is 42.5 Å². The van der Waals surface area contributed by atoms with Gasteiger partial charge in [0.25, 0.3) is 0 Å². The van der Waals surface area contributed by atoms with E-state index in [4.69, 9.17) is 4.74 Å². The molecule has 0 unspecified atom stereocenters. The molecule has 0 spiro atoms. The lowest BCUT2D eigenvalue weighted by molar-refractivity contribution is -0.137. The molecule has 0 aromatic heterocycles. The summed E-state index contributed by atoms with van der Waals surface area (Å²) in [6, 6.07) is 37.7. The number of hydrogen-bond acceptors (Lipinski definition) is 2. The van der Waals surface area contributed by atoms with Crippen molar-refractivity contribution in [3.63, 3.8) is 0 Å². The Hall–Kier alpha value is -4.17. The average molecular weight is 431 g/mol. The number of rotatable bonds is 7. The van der Waals surface area contributed by atoms with Crippen LogP contribution in [0, 0.1) is 0 Å². The van der Waals surface area contributed by atoms with E-state index < -0.39 is 0 Å². The Balaban J connectivity index is 1.67. The van der Waals surface area contributed by atoms with E-state index >= 15 is 0 Å². The maximum Gasteiger partial charge on any atom is 0.330 e. The summed E-state index contributed by atoms with van der Waals surface area (Å²) in [5.74, 6) is -0.341. The molecule has 0 bridgehead atoms. The minimum Gasteiger partial charge on any atom is -0.463 e. The summed E-state index contributed by atoms with van der Waals surface area (Å²) in [5.41, 5.74) is 7.90. The van der Waals surface area contributed by atoms with Gasteiger partial charge in [-0.3, -0.25) is 0 Å². The summed E-state index contributed by atoms with van der Waals surface area (Å²) in [6.45, 7) is 2.16. The van der Waals surface area contributed by atoms with Crippen molar-refractivity contribution >= 4 is 11.5 Å². The molecular weight excluding hydrogens is 404 g/mol. The molecule has 0 aliphatic heterocycles. The van der Waals surface area contributed by atoms with Crippen LogP contribution < -0.4 is 0 Å². The summed E-state index contributed by atoms with van der Waals surface area (Å²) in [5, 5.41) is 0. The van der Waals surface area contributed by atoms with E-state index in [-0.39, 0.29) is 5.97 Å². The van der Waals surface area contributed by atoms with Gasteiger partial charge >= 0.3 is 5.97 Å². The van der Waals surface area contributed by atoms with Crippen LogP contribution in [0.2, 0.25) is 0 Å². The van der Waals surface area contributed by atoms with Crippen LogP contribution in [0.1, 0.15) is 18.1 Å². The van der Waals surface area contributed by atoms with Crippen molar-refractivity contribution in [1.29, 1.82) is 0 Å². The summed E-state index contributed by atoms with van der Waals surface area (Å²) in [4.78, 5) is 11.8. The molecule has 4 aromatic rings. The first kappa shape index (κ1) is 22.0. The molecule has 0 fully saturated rings. The first-order chi connectivity index (χ1) is 16.2. The second kappa shape index (κ2) is 10.9. The molecule has 0 saturated heterocycles. The maximum atomic E-state index is 11.8. The van der Waals surface area contributed by atoms with Crippen molar-refractivity contribution in [2.75, 3.05) is 6.61 Å². The topological polar surface area (TPSA) is 26.3 Å². The third-order valence-corrected chi connectivity index (χ3v) is 5.39. The molecule has 0 amide bonds. The summed E-state index contributed by atoms with van der Waals surface area (Å²) in [7, 11) is 0. The van der Waals surface area contributed by atoms with Gasteiger partial charge in [0.1, 0.15) is 0 Å². The predicted molar refractivity (Wildman–Crippen MR) is 137 cm³/mol. The maximum absolute atomic E-state index is 11.8. The Kier molecular flexibility index (Phi) is 7.29. The van der Waals surface area contributed by atoms with Gasteiger partial charge in [-0.15, -0.1) is 0 Å². The zero-order valence-electron chi connectivity index (χ0n) is 18.6. The van der Waals surface area contributed by atoms with Gasteiger partial charge in [-0.05, 0) is 45.9 Å². The van der Waals surface area contributed by atoms with E-state index in [2.05, 4.69) is 72.8 Å². The van der Waals surface area contributed by atoms with Gasteiger partial charge in [0.15, 0.2) is 0 Å². The number of hydrogen-bond donors (Lipinski definition) is 0. The van der Waals surface area contributed by atoms with Gasteiger partial charge in [0.2, 0.25) is 0 Å². The Morgan fingerprint density at radius 2 is 1.06 bits per heavy atom. The van der Waals surface area contributed by atoms with Crippen molar-refractivity contribution in [2.24, 2.45) is 0 Å². The standard InChI is InChI=1S/C31H26O2/c1-2-33-31(32)15-9-14-30(28-20-16-26(17-21-28)24-10-5-3-6-11-24)29-22-18-27(19-23-29)25-12-7-4-8-13-25/h3-23H,2H2,1H3/b15-9+. The molecule has 2 nitrogen and oxygen atoms in total. The van der Waals surface area contributed by atoms with Crippen LogP contribution in [-0.4, -0.2) is 12.6 Å². The average Bonchev–Trinajstić information content (AvgIpc) is 2.88. The number of benzene rings is 4. The van der Waals surface area contributed by atoms with Gasteiger partial charge in [0, 0.05) is 6.08 Å². The number of esters is 1. The van der Waals surface area contributed by atoms with Crippen molar-refractivity contribution < 1.29 is 9.53 Å². The Labute approximate surface area is 195 Å². The van der Waals surface area contributed by atoms with Crippen LogP contribution in [0.25, 0.3) is 27.8 Å². The van der Waals surface area contributed by atoms with Crippen LogP contribution in [0.15, 0.2) is 127 Å². The molecule has 0 atom stereocenters. The fourth-order valence-corrected chi connectivity index (χ4v) is 3.72. The Morgan fingerprint density at radius 3 is 1.48 bits per heavy atom.